The van der Waals surface area contributed by atoms with E-state index in [4.69, 9.17) is 9.52 Å². The smallest absolute Gasteiger partial charge is 0.371 e. The molecule has 0 spiro atoms. The summed E-state index contributed by atoms with van der Waals surface area (Å²) in [5, 5.41) is 9.68. The fourth-order valence-corrected chi connectivity index (χ4v) is 2.80. The minimum absolute atomic E-state index is 0.0644. The molecule has 5 nitrogen and oxygen atoms in total. The van der Waals surface area contributed by atoms with Gasteiger partial charge in [-0.25, -0.2) is 4.79 Å². The number of rotatable bonds is 4. The first kappa shape index (κ1) is 13.7. The molecule has 3 rings (SSSR count). The monoisotopic (exact) mass is 287 g/mol. The summed E-state index contributed by atoms with van der Waals surface area (Å²) in [6.07, 6.45) is 1.65. The molecule has 1 aliphatic rings. The van der Waals surface area contributed by atoms with Gasteiger partial charge in [-0.2, -0.15) is 0 Å². The van der Waals surface area contributed by atoms with Crippen LogP contribution < -0.4 is 0 Å². The molecular weight excluding hydrogens is 270 g/mol. The van der Waals surface area contributed by atoms with Crippen LogP contribution in [0.15, 0.2) is 28.7 Å². The number of furan rings is 1. The average molecular weight is 287 g/mol. The Morgan fingerprint density at radius 2 is 2.24 bits per heavy atom. The second kappa shape index (κ2) is 5.24. The number of likely N-dealkylation sites (tertiary alicyclic amines) is 1. The normalized spacial score (nSPS) is 18.6. The van der Waals surface area contributed by atoms with E-state index in [1.807, 2.05) is 17.0 Å². The van der Waals surface area contributed by atoms with Gasteiger partial charge in [-0.1, -0.05) is 19.4 Å². The Balaban J connectivity index is 1.81. The maximum absolute atomic E-state index is 11.9. The first-order valence-electron chi connectivity index (χ1n) is 7.10. The third-order valence-electron chi connectivity index (χ3n) is 4.04. The van der Waals surface area contributed by atoms with Crippen LogP contribution in [0.5, 0.6) is 0 Å². The first-order chi connectivity index (χ1) is 10.1. The summed E-state index contributed by atoms with van der Waals surface area (Å²) >= 11 is 0. The van der Waals surface area contributed by atoms with Crippen molar-refractivity contribution in [2.24, 2.45) is 5.92 Å². The Bertz CT molecular complexity index is 703. The lowest BCUT2D eigenvalue weighted by Crippen LogP contribution is -2.24. The van der Waals surface area contributed by atoms with E-state index in [1.54, 1.807) is 6.07 Å². The highest BCUT2D eigenvalue weighted by atomic mass is 16.4. The number of carboxylic acid groups (broad SMARTS) is 1. The average Bonchev–Trinajstić information content (AvgIpc) is 3.02. The Morgan fingerprint density at radius 1 is 1.43 bits per heavy atom. The molecule has 5 heteroatoms. The highest BCUT2D eigenvalue weighted by molar-refractivity contribution is 5.91. The lowest BCUT2D eigenvalue weighted by Gasteiger charge is -2.16. The van der Waals surface area contributed by atoms with Crippen molar-refractivity contribution in [2.75, 3.05) is 6.54 Å². The van der Waals surface area contributed by atoms with Gasteiger partial charge in [0, 0.05) is 24.9 Å². The second-order valence-electron chi connectivity index (χ2n) is 5.54. The molecule has 1 fully saturated rings. The third-order valence-corrected chi connectivity index (χ3v) is 4.04. The highest BCUT2D eigenvalue weighted by Gasteiger charge is 2.28. The molecule has 0 bridgehead atoms. The van der Waals surface area contributed by atoms with Crippen molar-refractivity contribution in [3.8, 4) is 0 Å². The first-order valence-corrected chi connectivity index (χ1v) is 7.10. The van der Waals surface area contributed by atoms with E-state index in [0.29, 0.717) is 24.5 Å². The Hall–Kier alpha value is -2.30. The second-order valence-corrected chi connectivity index (χ2v) is 5.54. The molecule has 110 valence electrons. The molecule has 0 radical (unpaired) electrons. The van der Waals surface area contributed by atoms with E-state index in [1.165, 1.54) is 6.07 Å². The van der Waals surface area contributed by atoms with Crippen molar-refractivity contribution in [2.45, 2.75) is 26.3 Å². The fraction of sp³-hybridized carbons (Fsp3) is 0.375. The minimum Gasteiger partial charge on any atom is -0.475 e. The summed E-state index contributed by atoms with van der Waals surface area (Å²) in [5.41, 5.74) is 1.54. The van der Waals surface area contributed by atoms with E-state index in [0.717, 1.165) is 23.9 Å². The van der Waals surface area contributed by atoms with E-state index in [2.05, 4.69) is 6.92 Å². The summed E-state index contributed by atoms with van der Waals surface area (Å²) in [4.78, 5) is 24.7. The molecule has 0 saturated carbocycles. The van der Waals surface area contributed by atoms with Crippen LogP contribution in [0.2, 0.25) is 0 Å². The van der Waals surface area contributed by atoms with Gasteiger partial charge in [-0.3, -0.25) is 4.79 Å². The standard InChI is InChI=1S/C16H17NO4/c1-2-10-6-15(18)17(8-10)9-11-3-4-13-12(5-11)7-14(21-13)16(19)20/h3-5,7,10H,2,6,8-9H2,1H3,(H,19,20). The van der Waals surface area contributed by atoms with E-state index in [-0.39, 0.29) is 11.7 Å². The van der Waals surface area contributed by atoms with Gasteiger partial charge in [0.1, 0.15) is 5.58 Å². The summed E-state index contributed by atoms with van der Waals surface area (Å²) < 4.78 is 5.23. The number of hydrogen-bond donors (Lipinski definition) is 1. The minimum atomic E-state index is -1.08. The molecule has 0 aliphatic carbocycles. The van der Waals surface area contributed by atoms with Crippen molar-refractivity contribution in [3.63, 3.8) is 0 Å². The molecule has 1 aromatic carbocycles. The summed E-state index contributed by atoms with van der Waals surface area (Å²) in [5.74, 6) is -0.493. The number of carboxylic acids is 1. The van der Waals surface area contributed by atoms with Crippen LogP contribution in [-0.4, -0.2) is 28.4 Å². The van der Waals surface area contributed by atoms with Gasteiger partial charge >= 0.3 is 5.97 Å². The van der Waals surface area contributed by atoms with Crippen molar-refractivity contribution in [1.29, 1.82) is 0 Å². The molecule has 1 N–H and O–H groups in total. The zero-order valence-electron chi connectivity index (χ0n) is 11.8. The van der Waals surface area contributed by atoms with Gasteiger partial charge in [0.2, 0.25) is 11.7 Å². The predicted octanol–water partition coefficient (Wildman–Crippen LogP) is 2.89. The van der Waals surface area contributed by atoms with Crippen LogP contribution in [0, 0.1) is 5.92 Å². The van der Waals surface area contributed by atoms with Crippen LogP contribution in [0.1, 0.15) is 35.9 Å². The molecule has 1 saturated heterocycles. The largest absolute Gasteiger partial charge is 0.475 e. The fourth-order valence-electron chi connectivity index (χ4n) is 2.80. The Kier molecular flexibility index (Phi) is 3.41. The number of carbonyl (C=O) groups excluding carboxylic acids is 1. The van der Waals surface area contributed by atoms with Gasteiger partial charge in [0.05, 0.1) is 0 Å². The van der Waals surface area contributed by atoms with Gasteiger partial charge < -0.3 is 14.4 Å². The summed E-state index contributed by atoms with van der Waals surface area (Å²) in [6.45, 7) is 3.48. The van der Waals surface area contributed by atoms with E-state index in [9.17, 15) is 9.59 Å². The lowest BCUT2D eigenvalue weighted by atomic mass is 10.1. The third kappa shape index (κ3) is 2.63. The number of amides is 1. The van der Waals surface area contributed by atoms with Gasteiger partial charge in [-0.15, -0.1) is 0 Å². The van der Waals surface area contributed by atoms with Crippen LogP contribution >= 0.6 is 0 Å². The van der Waals surface area contributed by atoms with Crippen LogP contribution in [0.4, 0.5) is 0 Å². The Morgan fingerprint density at radius 3 is 2.90 bits per heavy atom. The van der Waals surface area contributed by atoms with Gasteiger partial charge in [0.15, 0.2) is 0 Å². The number of benzene rings is 1. The molecule has 1 aromatic heterocycles. The van der Waals surface area contributed by atoms with Crippen LogP contribution in [0.25, 0.3) is 11.0 Å². The molecule has 1 atom stereocenters. The number of carbonyl (C=O) groups is 2. The van der Waals surface area contributed by atoms with E-state index < -0.39 is 5.97 Å². The van der Waals surface area contributed by atoms with Crippen molar-refractivity contribution >= 4 is 22.8 Å². The molecule has 1 amide bonds. The van der Waals surface area contributed by atoms with Crippen LogP contribution in [-0.2, 0) is 11.3 Å². The van der Waals surface area contributed by atoms with Crippen LogP contribution in [0.3, 0.4) is 0 Å². The maximum Gasteiger partial charge on any atom is 0.371 e. The predicted molar refractivity (Wildman–Crippen MR) is 77.0 cm³/mol. The number of fused-ring (bicyclic) bond motifs is 1. The molecule has 1 unspecified atom stereocenters. The Labute approximate surface area is 122 Å². The molecule has 1 aliphatic heterocycles. The van der Waals surface area contributed by atoms with Crippen molar-refractivity contribution in [3.05, 3.63) is 35.6 Å². The van der Waals surface area contributed by atoms with Crippen molar-refractivity contribution in [1.82, 2.24) is 4.90 Å². The number of nitrogens with zero attached hydrogens (tertiary/aromatic N) is 1. The zero-order valence-corrected chi connectivity index (χ0v) is 11.8. The van der Waals surface area contributed by atoms with E-state index >= 15 is 0 Å². The highest BCUT2D eigenvalue weighted by Crippen LogP contribution is 2.25. The zero-order chi connectivity index (χ0) is 15.0. The maximum atomic E-state index is 11.9. The molecule has 21 heavy (non-hydrogen) atoms. The quantitative estimate of drug-likeness (QED) is 0.938. The topological polar surface area (TPSA) is 70.8 Å². The number of aromatic carboxylic acids is 1. The molecule has 2 heterocycles. The van der Waals surface area contributed by atoms with Gasteiger partial charge in [0.25, 0.3) is 0 Å². The summed E-state index contributed by atoms with van der Waals surface area (Å²) in [7, 11) is 0. The molecule has 2 aromatic rings. The SMILES string of the molecule is CCC1CC(=O)N(Cc2ccc3oc(C(=O)O)cc3c2)C1. The number of hydrogen-bond acceptors (Lipinski definition) is 3. The van der Waals surface area contributed by atoms with Crippen molar-refractivity contribution < 1.29 is 19.1 Å². The summed E-state index contributed by atoms with van der Waals surface area (Å²) in [6, 6.07) is 7.04. The lowest BCUT2D eigenvalue weighted by molar-refractivity contribution is -0.128. The van der Waals surface area contributed by atoms with Gasteiger partial charge in [-0.05, 0) is 29.7 Å². The molecular formula is C16H17NO4.